The van der Waals surface area contributed by atoms with Crippen LogP contribution in [0.5, 0.6) is 5.75 Å². The number of aryl methyl sites for hydroxylation is 1. The lowest BCUT2D eigenvalue weighted by Crippen LogP contribution is -2.29. The first-order chi connectivity index (χ1) is 16.2. The number of amides is 1. The number of aromatic nitrogens is 2. The normalized spacial score (nSPS) is 12.5. The predicted octanol–water partition coefficient (Wildman–Crippen LogP) is 6.21. The second-order valence-corrected chi connectivity index (χ2v) is 9.80. The Morgan fingerprint density at radius 1 is 1.03 bits per heavy atom. The Balaban J connectivity index is 1.50. The topological polar surface area (TPSA) is 56.2 Å². The van der Waals surface area contributed by atoms with Crippen molar-refractivity contribution in [2.24, 2.45) is 0 Å². The number of ether oxygens (including phenoxy) is 1. The van der Waals surface area contributed by atoms with E-state index in [9.17, 15) is 4.79 Å². The molecule has 1 unspecified atom stereocenters. The molecule has 3 aromatic carbocycles. The zero-order chi connectivity index (χ0) is 24.3. The van der Waals surface area contributed by atoms with Crippen molar-refractivity contribution in [1.29, 1.82) is 0 Å². The number of nitrogens with zero attached hydrogens (tertiary/aromatic N) is 2. The van der Waals surface area contributed by atoms with Crippen LogP contribution in [0.25, 0.3) is 11.0 Å². The molecule has 0 radical (unpaired) electrons. The average molecular weight is 456 g/mol. The second-order valence-electron chi connectivity index (χ2n) is 9.80. The van der Waals surface area contributed by atoms with Crippen LogP contribution in [0.4, 0.5) is 0 Å². The number of imidazole rings is 1. The van der Waals surface area contributed by atoms with Crippen LogP contribution in [0.3, 0.4) is 0 Å². The quantitative estimate of drug-likeness (QED) is 0.360. The summed E-state index contributed by atoms with van der Waals surface area (Å²) in [5.74, 6) is 1.55. The van der Waals surface area contributed by atoms with Crippen molar-refractivity contribution < 1.29 is 9.53 Å². The lowest BCUT2D eigenvalue weighted by atomic mass is 9.87. The van der Waals surface area contributed by atoms with E-state index in [1.54, 1.807) is 0 Å². The first kappa shape index (κ1) is 23.6. The lowest BCUT2D eigenvalue weighted by molar-refractivity contribution is 0.0937. The molecule has 0 saturated carbocycles. The van der Waals surface area contributed by atoms with Gasteiger partial charge in [-0.1, -0.05) is 62.7 Å². The number of benzene rings is 3. The van der Waals surface area contributed by atoms with Gasteiger partial charge in [0.15, 0.2) is 0 Å². The summed E-state index contributed by atoms with van der Waals surface area (Å²) in [6.07, 6.45) is 0. The minimum atomic E-state index is -0.258. The van der Waals surface area contributed by atoms with Gasteiger partial charge in [0, 0.05) is 5.56 Å². The standard InChI is InChI=1S/C29H33N3O2/c1-20-9-8-10-22(19-20)28(33)30-21(2)27-31-25-11-6-7-12-26(25)32(27)17-18-34-24-15-13-23(14-16-24)29(3,4)5/h6-16,19,21H,17-18H2,1-5H3,(H,30,33). The number of hydrogen-bond acceptors (Lipinski definition) is 3. The highest BCUT2D eigenvalue weighted by Gasteiger charge is 2.19. The van der Waals surface area contributed by atoms with Crippen LogP contribution in [-0.4, -0.2) is 22.1 Å². The summed E-state index contributed by atoms with van der Waals surface area (Å²) in [6.45, 7) is 11.7. The van der Waals surface area contributed by atoms with Gasteiger partial charge < -0.3 is 14.6 Å². The Kier molecular flexibility index (Phi) is 6.73. The molecule has 4 aromatic rings. The van der Waals surface area contributed by atoms with Crippen LogP contribution >= 0.6 is 0 Å². The highest BCUT2D eigenvalue weighted by Crippen LogP contribution is 2.25. The summed E-state index contributed by atoms with van der Waals surface area (Å²) in [5.41, 5.74) is 5.03. The maximum Gasteiger partial charge on any atom is 0.251 e. The molecule has 4 rings (SSSR count). The van der Waals surface area contributed by atoms with Gasteiger partial charge >= 0.3 is 0 Å². The summed E-state index contributed by atoms with van der Waals surface area (Å²) in [6, 6.07) is 23.7. The zero-order valence-electron chi connectivity index (χ0n) is 20.6. The maximum atomic E-state index is 12.8. The third-order valence-corrected chi connectivity index (χ3v) is 6.00. The number of nitrogens with one attached hydrogen (secondary N) is 1. The number of para-hydroxylation sites is 2. The molecule has 5 nitrogen and oxygen atoms in total. The van der Waals surface area contributed by atoms with Gasteiger partial charge in [0.2, 0.25) is 0 Å². The van der Waals surface area contributed by atoms with Crippen molar-refractivity contribution in [2.45, 2.75) is 52.6 Å². The van der Waals surface area contributed by atoms with Crippen LogP contribution in [0.15, 0.2) is 72.8 Å². The van der Waals surface area contributed by atoms with Gasteiger partial charge in [-0.2, -0.15) is 0 Å². The number of hydrogen-bond donors (Lipinski definition) is 1. The van der Waals surface area contributed by atoms with Crippen molar-refractivity contribution in [2.75, 3.05) is 6.61 Å². The molecule has 1 aromatic heterocycles. The fourth-order valence-corrected chi connectivity index (χ4v) is 4.10. The van der Waals surface area contributed by atoms with E-state index in [2.05, 4.69) is 48.9 Å². The molecule has 0 aliphatic carbocycles. The summed E-state index contributed by atoms with van der Waals surface area (Å²) < 4.78 is 8.20. The summed E-state index contributed by atoms with van der Waals surface area (Å²) in [7, 11) is 0. The van der Waals surface area contributed by atoms with Gasteiger partial charge in [-0.15, -0.1) is 0 Å². The fraction of sp³-hybridized carbons (Fsp3) is 0.310. The van der Waals surface area contributed by atoms with E-state index in [0.29, 0.717) is 18.7 Å². The zero-order valence-corrected chi connectivity index (χ0v) is 20.6. The monoisotopic (exact) mass is 455 g/mol. The largest absolute Gasteiger partial charge is 0.492 e. The smallest absolute Gasteiger partial charge is 0.251 e. The molecule has 1 atom stereocenters. The summed E-state index contributed by atoms with van der Waals surface area (Å²) in [4.78, 5) is 17.7. The Morgan fingerprint density at radius 3 is 2.47 bits per heavy atom. The van der Waals surface area contributed by atoms with Gasteiger partial charge in [0.1, 0.15) is 18.2 Å². The van der Waals surface area contributed by atoms with E-state index in [1.165, 1.54) is 5.56 Å². The number of carbonyl (C=O) groups is 1. The number of fused-ring (bicyclic) bond motifs is 1. The molecule has 5 heteroatoms. The summed E-state index contributed by atoms with van der Waals surface area (Å²) >= 11 is 0. The third-order valence-electron chi connectivity index (χ3n) is 6.00. The van der Waals surface area contributed by atoms with Gasteiger partial charge in [-0.3, -0.25) is 4.79 Å². The molecule has 176 valence electrons. The molecule has 0 bridgehead atoms. The van der Waals surface area contributed by atoms with E-state index in [-0.39, 0.29) is 17.4 Å². The third kappa shape index (κ3) is 5.30. The maximum absolute atomic E-state index is 12.8. The van der Waals surface area contributed by atoms with Crippen LogP contribution in [0, 0.1) is 6.92 Å². The SMILES string of the molecule is Cc1cccc(C(=O)NC(C)c2nc3ccccc3n2CCOc2ccc(C(C)(C)C)cc2)c1. The van der Waals surface area contributed by atoms with Gasteiger partial charge in [-0.25, -0.2) is 4.98 Å². The molecule has 0 aliphatic heterocycles. The van der Waals surface area contributed by atoms with E-state index >= 15 is 0 Å². The van der Waals surface area contributed by atoms with E-state index < -0.39 is 0 Å². The predicted molar refractivity (Wildman–Crippen MR) is 137 cm³/mol. The molecule has 0 aliphatic rings. The Bertz CT molecular complexity index is 1280. The van der Waals surface area contributed by atoms with Crippen molar-refractivity contribution in [1.82, 2.24) is 14.9 Å². The van der Waals surface area contributed by atoms with Crippen LogP contribution in [0.2, 0.25) is 0 Å². The molecule has 0 fully saturated rings. The molecule has 1 N–H and O–H groups in total. The fourth-order valence-electron chi connectivity index (χ4n) is 4.10. The summed E-state index contributed by atoms with van der Waals surface area (Å²) in [5, 5.41) is 3.11. The molecular formula is C29H33N3O2. The van der Waals surface area contributed by atoms with Gasteiger partial charge in [0.05, 0.1) is 23.6 Å². The molecule has 1 heterocycles. The van der Waals surface area contributed by atoms with Crippen LogP contribution in [0.1, 0.15) is 61.0 Å². The van der Waals surface area contributed by atoms with E-state index in [1.807, 2.05) is 68.4 Å². The molecular weight excluding hydrogens is 422 g/mol. The molecule has 1 amide bonds. The molecule has 0 spiro atoms. The van der Waals surface area contributed by atoms with Crippen LogP contribution < -0.4 is 10.1 Å². The second kappa shape index (κ2) is 9.72. The number of carbonyl (C=O) groups excluding carboxylic acids is 1. The van der Waals surface area contributed by atoms with Crippen molar-refractivity contribution >= 4 is 16.9 Å². The van der Waals surface area contributed by atoms with Crippen molar-refractivity contribution in [3.05, 3.63) is 95.3 Å². The highest BCUT2D eigenvalue weighted by atomic mass is 16.5. The lowest BCUT2D eigenvalue weighted by Gasteiger charge is -2.19. The Morgan fingerprint density at radius 2 is 1.76 bits per heavy atom. The molecule has 34 heavy (non-hydrogen) atoms. The Labute approximate surface area is 201 Å². The first-order valence-corrected chi connectivity index (χ1v) is 11.8. The van der Waals surface area contributed by atoms with Crippen LogP contribution in [-0.2, 0) is 12.0 Å². The van der Waals surface area contributed by atoms with Gasteiger partial charge in [0.25, 0.3) is 5.91 Å². The minimum Gasteiger partial charge on any atom is -0.492 e. The first-order valence-electron chi connectivity index (χ1n) is 11.8. The average Bonchev–Trinajstić information content (AvgIpc) is 3.18. The number of rotatable bonds is 7. The highest BCUT2D eigenvalue weighted by molar-refractivity contribution is 5.94. The van der Waals surface area contributed by atoms with E-state index in [4.69, 9.17) is 9.72 Å². The van der Waals surface area contributed by atoms with Crippen molar-refractivity contribution in [3.63, 3.8) is 0 Å². The molecule has 0 saturated heterocycles. The minimum absolute atomic E-state index is 0.106. The van der Waals surface area contributed by atoms with Crippen molar-refractivity contribution in [3.8, 4) is 5.75 Å². The van der Waals surface area contributed by atoms with E-state index in [0.717, 1.165) is 28.2 Å². The van der Waals surface area contributed by atoms with Gasteiger partial charge in [-0.05, 0) is 61.2 Å². The Hall–Kier alpha value is -3.60.